The van der Waals surface area contributed by atoms with E-state index < -0.39 is 5.91 Å². The Balaban J connectivity index is 0.000000507. The molecular weight excluding hydrogens is 656 g/mol. The fourth-order valence-corrected chi connectivity index (χ4v) is 4.39. The van der Waals surface area contributed by atoms with Gasteiger partial charge in [-0.3, -0.25) is 0 Å². The maximum Gasteiger partial charge on any atom is 4.00 e. The van der Waals surface area contributed by atoms with E-state index in [1.807, 2.05) is 6.92 Å². The van der Waals surface area contributed by atoms with Crippen molar-refractivity contribution >= 4 is 47.3 Å². The van der Waals surface area contributed by atoms with E-state index in [-0.39, 0.29) is 50.7 Å². The average molecular weight is 683 g/mol. The van der Waals surface area contributed by atoms with E-state index in [0.717, 1.165) is 15.9 Å². The second-order valence-corrected chi connectivity index (χ2v) is 8.75. The molecule has 0 atom stereocenters. The molecule has 0 bridgehead atoms. The van der Waals surface area contributed by atoms with Crippen LogP contribution in [0, 0.1) is 0 Å². The molecule has 0 aromatic heterocycles. The average Bonchev–Trinajstić information content (AvgIpc) is 3.20. The minimum absolute atomic E-state index is 0. The smallest absolute Gasteiger partial charge is 1.00 e. The number of hydrogen-bond donors (Lipinski definition) is 0. The van der Waals surface area contributed by atoms with E-state index in [2.05, 4.69) is 115 Å². The predicted octanol–water partition coefficient (Wildman–Crippen LogP) is 0.424. The quantitative estimate of drug-likeness (QED) is 0.200. The number of benzene rings is 4. The molecule has 6 heteroatoms. The molecule has 1 N–H and O–H groups in total. The van der Waals surface area contributed by atoms with E-state index in [1.54, 1.807) is 0 Å². The summed E-state index contributed by atoms with van der Waals surface area (Å²) in [5.41, 5.74) is 6.34. The Morgan fingerprint density at radius 2 is 1.06 bits per heavy atom. The van der Waals surface area contributed by atoms with Gasteiger partial charge in [-0.1, -0.05) is 121 Å². The second-order valence-electron chi connectivity index (χ2n) is 7.35. The van der Waals surface area contributed by atoms with Crippen LogP contribution in [-0.4, -0.2) is 15.4 Å². The van der Waals surface area contributed by atoms with Crippen molar-refractivity contribution in [1.82, 2.24) is 0 Å². The number of fused-ring (bicyclic) bond motifs is 3. The summed E-state index contributed by atoms with van der Waals surface area (Å²) in [4.78, 5) is 9.71. The van der Waals surface area contributed by atoms with Crippen LogP contribution in [0.3, 0.4) is 0 Å². The monoisotopic (exact) mass is 683 g/mol. The standard InChI is InChI=1S/C13H9.C12H10Si.C4H9NO.2ClH.Hf/c1-3-7-12-10(5-1)9-11-6-2-4-8-13(11)12;1-3-7-11(8-4-1)13-12-9-5-2-6-10-12;1-2-3-4(5)6;;;/h1-9H;1-10H;2-3H2,1H3,(H2,5,6);2*1H;/q-1;;;;;+4/p-3. The fourth-order valence-electron chi connectivity index (χ4n) is 3.34. The van der Waals surface area contributed by atoms with Crippen molar-refractivity contribution in [1.29, 1.82) is 0 Å². The summed E-state index contributed by atoms with van der Waals surface area (Å²) in [5.74, 6) is -0.461. The first-order chi connectivity index (χ1) is 15.7. The van der Waals surface area contributed by atoms with Gasteiger partial charge in [0.05, 0.1) is 0 Å². The fraction of sp³-hybridized carbons (Fsp3) is 0.103. The molecule has 0 aliphatic carbocycles. The van der Waals surface area contributed by atoms with Crippen LogP contribution in [0.1, 0.15) is 19.8 Å². The molecule has 0 unspecified atom stereocenters. The Morgan fingerprint density at radius 1 is 0.686 bits per heavy atom. The third kappa shape index (κ3) is 11.0. The molecule has 5 rings (SSSR count). The van der Waals surface area contributed by atoms with Crippen molar-refractivity contribution in [2.45, 2.75) is 19.8 Å². The van der Waals surface area contributed by atoms with Gasteiger partial charge in [0, 0.05) is 5.91 Å². The molecule has 0 aliphatic heterocycles. The van der Waals surface area contributed by atoms with Gasteiger partial charge in [0.15, 0.2) is 0 Å². The first-order valence-corrected chi connectivity index (χ1v) is 11.8. The van der Waals surface area contributed by atoms with Crippen molar-refractivity contribution in [2.24, 2.45) is 0 Å². The van der Waals surface area contributed by atoms with Crippen LogP contribution < -0.4 is 35.2 Å². The second kappa shape index (κ2) is 18.2. The molecule has 2 radical (unpaired) electrons. The van der Waals surface area contributed by atoms with Gasteiger partial charge < -0.3 is 35.3 Å². The minimum atomic E-state index is -0.461. The summed E-state index contributed by atoms with van der Waals surface area (Å²) in [5, 5.41) is 8.19. The topological polar surface area (TPSA) is 40.9 Å². The zero-order chi connectivity index (χ0) is 22.6. The zero-order valence-electron chi connectivity index (χ0n) is 19.5. The molecule has 0 aliphatic rings. The van der Waals surface area contributed by atoms with Crippen molar-refractivity contribution in [3.05, 3.63) is 121 Å². The molecule has 5 aromatic carbocycles. The van der Waals surface area contributed by atoms with Crippen molar-refractivity contribution in [2.75, 3.05) is 0 Å². The first kappa shape index (κ1) is 32.9. The van der Waals surface area contributed by atoms with Crippen LogP contribution in [0.2, 0.25) is 0 Å². The number of carbonyl (C=O) groups excluding carboxylic acids is 1. The van der Waals surface area contributed by atoms with Gasteiger partial charge in [0.25, 0.3) is 0 Å². The van der Waals surface area contributed by atoms with Gasteiger partial charge >= 0.3 is 25.8 Å². The number of carbonyl (C=O) groups is 1. The third-order valence-electron chi connectivity index (χ3n) is 4.84. The van der Waals surface area contributed by atoms with Gasteiger partial charge in [-0.2, -0.15) is 0 Å². The molecule has 5 aromatic rings. The van der Waals surface area contributed by atoms with Crippen LogP contribution in [0.4, 0.5) is 0 Å². The summed E-state index contributed by atoms with van der Waals surface area (Å²) in [6.07, 6.45) is 1.20. The van der Waals surface area contributed by atoms with E-state index in [9.17, 15) is 4.79 Å². The molecule has 0 saturated heterocycles. The van der Waals surface area contributed by atoms with Crippen LogP contribution >= 0.6 is 0 Å². The molecule has 0 heterocycles. The van der Waals surface area contributed by atoms with E-state index >= 15 is 0 Å². The summed E-state index contributed by atoms with van der Waals surface area (Å²) >= 11 is 0. The summed E-state index contributed by atoms with van der Waals surface area (Å²) in [7, 11) is 0.777. The van der Waals surface area contributed by atoms with Gasteiger partial charge in [0.2, 0.25) is 0 Å². The van der Waals surface area contributed by atoms with Crippen LogP contribution in [0.15, 0.2) is 115 Å². The van der Waals surface area contributed by atoms with Gasteiger partial charge in [-0.15, -0.1) is 39.7 Å². The summed E-state index contributed by atoms with van der Waals surface area (Å²) in [6, 6.07) is 40.4. The van der Waals surface area contributed by atoms with Crippen LogP contribution in [-0.2, 0) is 30.6 Å². The molecule has 0 spiro atoms. The summed E-state index contributed by atoms with van der Waals surface area (Å²) < 4.78 is 0. The number of nitrogens with one attached hydrogen (secondary N) is 1. The maximum atomic E-state index is 9.71. The van der Waals surface area contributed by atoms with Crippen molar-refractivity contribution < 1.29 is 55.5 Å². The normalized spacial score (nSPS) is 9.17. The Morgan fingerprint density at radius 3 is 1.40 bits per heavy atom. The Bertz CT molecular complexity index is 1160. The number of hydrogen-bond acceptors (Lipinski definition) is 1. The van der Waals surface area contributed by atoms with Crippen LogP contribution in [0.25, 0.3) is 27.3 Å². The third-order valence-corrected chi connectivity index (χ3v) is 6.08. The molecule has 2 nitrogen and oxygen atoms in total. The minimum Gasteiger partial charge on any atom is -1.00 e. The van der Waals surface area contributed by atoms with E-state index in [4.69, 9.17) is 5.73 Å². The number of amides is 1. The number of halogens is 2. The van der Waals surface area contributed by atoms with Gasteiger partial charge in [0.1, 0.15) is 9.52 Å². The molecule has 176 valence electrons. The Kier molecular flexibility index (Phi) is 17.1. The largest absolute Gasteiger partial charge is 4.00 e. The zero-order valence-corrected chi connectivity index (χ0v) is 25.7. The van der Waals surface area contributed by atoms with E-state index in [1.165, 1.54) is 31.9 Å². The van der Waals surface area contributed by atoms with Crippen molar-refractivity contribution in [3.63, 3.8) is 0 Å². The maximum absolute atomic E-state index is 9.71. The number of rotatable bonds is 4. The predicted molar refractivity (Wildman–Crippen MR) is 139 cm³/mol. The molecule has 35 heavy (non-hydrogen) atoms. The van der Waals surface area contributed by atoms with Gasteiger partial charge in [-0.25, -0.2) is 0 Å². The van der Waals surface area contributed by atoms with Crippen molar-refractivity contribution in [3.8, 4) is 0 Å². The summed E-state index contributed by atoms with van der Waals surface area (Å²) in [6.45, 7) is 1.88. The molecular formula is C29H27Cl2HfNOSi. The van der Waals surface area contributed by atoms with Gasteiger partial charge in [-0.05, 0) is 6.42 Å². The molecule has 1 amide bonds. The van der Waals surface area contributed by atoms with E-state index in [0.29, 0.717) is 6.42 Å². The SMILES string of the molecule is CCCC([NH-])=O.[Cl-].[Cl-].[Hf+4].c1ccc([Si]c2ccccc2)cc1.c1ccc2c(c1)[cH-]c1ccccc12. The molecule has 0 saturated carbocycles. The molecule has 0 fully saturated rings. The Hall–Kier alpha value is -2.11. The van der Waals surface area contributed by atoms with Crippen LogP contribution in [0.5, 0.6) is 0 Å². The first-order valence-electron chi connectivity index (χ1n) is 10.8. The Labute approximate surface area is 242 Å².